The van der Waals surface area contributed by atoms with Crippen LogP contribution in [0.25, 0.3) is 0 Å². The number of allylic oxidation sites excluding steroid dienone is 1. The number of hydrogen-bond donors (Lipinski definition) is 2. The number of anilines is 1. The molecule has 0 fully saturated rings. The molecule has 1 aliphatic rings. The van der Waals surface area contributed by atoms with Crippen LogP contribution in [0.2, 0.25) is 0 Å². The topological polar surface area (TPSA) is 61.4 Å². The van der Waals surface area contributed by atoms with Crippen LogP contribution in [0.5, 0.6) is 0 Å². The van der Waals surface area contributed by atoms with Crippen molar-refractivity contribution < 1.29 is 9.59 Å². The molecule has 2 aromatic rings. The zero-order chi connectivity index (χ0) is 18.8. The van der Waals surface area contributed by atoms with Crippen molar-refractivity contribution in [1.82, 2.24) is 10.2 Å². The highest BCUT2D eigenvalue weighted by Crippen LogP contribution is 2.31. The number of urea groups is 1. The highest BCUT2D eigenvalue weighted by molar-refractivity contribution is 9.10. The second kappa shape index (κ2) is 7.63. The van der Waals surface area contributed by atoms with Crippen LogP contribution < -0.4 is 10.6 Å². The van der Waals surface area contributed by atoms with Crippen molar-refractivity contribution in [2.45, 2.75) is 13.0 Å². The van der Waals surface area contributed by atoms with E-state index in [-0.39, 0.29) is 11.9 Å². The molecule has 1 atom stereocenters. The highest BCUT2D eigenvalue weighted by atomic mass is 79.9. The van der Waals surface area contributed by atoms with Gasteiger partial charge in [-0.3, -0.25) is 4.79 Å². The fraction of sp³-hybridized carbons (Fsp3) is 0.158. The number of halogens is 2. The van der Waals surface area contributed by atoms with Gasteiger partial charge in [0.05, 0.1) is 11.6 Å². The minimum Gasteiger partial charge on any atom is -0.327 e. The lowest BCUT2D eigenvalue weighted by Gasteiger charge is -2.33. The Labute approximate surface area is 168 Å². The largest absolute Gasteiger partial charge is 0.327 e. The molecule has 0 saturated carbocycles. The molecule has 0 aliphatic carbocycles. The summed E-state index contributed by atoms with van der Waals surface area (Å²) in [7, 11) is 1.65. The van der Waals surface area contributed by atoms with Crippen molar-refractivity contribution in [3.05, 3.63) is 74.3 Å². The molecule has 7 heteroatoms. The number of nitrogens with one attached hydrogen (secondary N) is 2. The molecule has 0 unspecified atom stereocenters. The molecule has 0 saturated heterocycles. The van der Waals surface area contributed by atoms with E-state index in [1.807, 2.05) is 48.5 Å². The van der Waals surface area contributed by atoms with Crippen LogP contribution in [0.1, 0.15) is 18.5 Å². The normalized spacial score (nSPS) is 17.2. The van der Waals surface area contributed by atoms with Gasteiger partial charge >= 0.3 is 6.03 Å². The fourth-order valence-electron chi connectivity index (χ4n) is 2.77. The predicted octanol–water partition coefficient (Wildman–Crippen LogP) is 4.82. The third kappa shape index (κ3) is 3.83. The molecule has 2 aromatic carbocycles. The number of rotatable bonds is 3. The Bertz CT molecular complexity index is 877. The van der Waals surface area contributed by atoms with Crippen LogP contribution in [-0.2, 0) is 4.79 Å². The molecule has 3 amide bonds. The Morgan fingerprint density at radius 3 is 2.15 bits per heavy atom. The number of nitrogens with zero attached hydrogens (tertiary/aromatic N) is 1. The molecule has 0 aromatic heterocycles. The molecule has 1 heterocycles. The molecular weight excluding hydrogens is 462 g/mol. The zero-order valence-corrected chi connectivity index (χ0v) is 17.4. The van der Waals surface area contributed by atoms with Gasteiger partial charge in [-0.25, -0.2) is 4.79 Å². The molecule has 5 nitrogen and oxygen atoms in total. The molecule has 2 N–H and O–H groups in total. The molecule has 0 bridgehead atoms. The molecule has 0 radical (unpaired) electrons. The second-order valence-corrected chi connectivity index (χ2v) is 7.78. The Balaban J connectivity index is 1.97. The summed E-state index contributed by atoms with van der Waals surface area (Å²) in [6.45, 7) is 1.78. The van der Waals surface area contributed by atoms with E-state index in [1.165, 1.54) is 4.90 Å². The van der Waals surface area contributed by atoms with Gasteiger partial charge in [-0.2, -0.15) is 0 Å². The average molecular weight is 479 g/mol. The Hall–Kier alpha value is -2.12. The smallest absolute Gasteiger partial charge is 0.322 e. The van der Waals surface area contributed by atoms with Gasteiger partial charge in [0.1, 0.15) is 0 Å². The summed E-state index contributed by atoms with van der Waals surface area (Å²) in [5, 5.41) is 5.81. The summed E-state index contributed by atoms with van der Waals surface area (Å²) in [5.74, 6) is -0.246. The summed E-state index contributed by atoms with van der Waals surface area (Å²) >= 11 is 6.78. The Kier molecular flexibility index (Phi) is 5.48. The Morgan fingerprint density at radius 1 is 1.04 bits per heavy atom. The average Bonchev–Trinajstić information content (AvgIpc) is 2.62. The Morgan fingerprint density at radius 2 is 1.58 bits per heavy atom. The molecule has 26 heavy (non-hydrogen) atoms. The maximum Gasteiger partial charge on any atom is 0.322 e. The van der Waals surface area contributed by atoms with Crippen LogP contribution >= 0.6 is 31.9 Å². The zero-order valence-electron chi connectivity index (χ0n) is 14.2. The van der Waals surface area contributed by atoms with Crippen molar-refractivity contribution in [2.75, 3.05) is 12.4 Å². The van der Waals surface area contributed by atoms with Gasteiger partial charge < -0.3 is 15.5 Å². The molecule has 0 spiro atoms. The van der Waals surface area contributed by atoms with Gasteiger partial charge in [0.15, 0.2) is 0 Å². The second-order valence-electron chi connectivity index (χ2n) is 5.95. The number of benzene rings is 2. The first kappa shape index (κ1) is 18.7. The molecular formula is C19H17Br2N3O2. The maximum atomic E-state index is 13.0. The SMILES string of the molecule is CC1=C(C(=O)Nc2ccc(Br)cc2)[C@H](c2ccc(Br)cc2)NC(=O)N1C. The van der Waals surface area contributed by atoms with E-state index in [0.717, 1.165) is 14.5 Å². The lowest BCUT2D eigenvalue weighted by atomic mass is 9.94. The summed E-state index contributed by atoms with van der Waals surface area (Å²) in [6.07, 6.45) is 0. The summed E-state index contributed by atoms with van der Waals surface area (Å²) < 4.78 is 1.87. The van der Waals surface area contributed by atoms with Crippen LogP contribution in [0.15, 0.2) is 68.7 Å². The van der Waals surface area contributed by atoms with Crippen molar-refractivity contribution in [3.63, 3.8) is 0 Å². The number of amides is 3. The lowest BCUT2D eigenvalue weighted by molar-refractivity contribution is -0.113. The first-order valence-corrected chi connectivity index (χ1v) is 9.53. The number of carbonyl (C=O) groups excluding carboxylic acids is 2. The monoisotopic (exact) mass is 477 g/mol. The van der Waals surface area contributed by atoms with Gasteiger partial charge in [-0.1, -0.05) is 44.0 Å². The van der Waals surface area contributed by atoms with E-state index in [9.17, 15) is 9.59 Å². The van der Waals surface area contributed by atoms with Crippen molar-refractivity contribution >= 4 is 49.5 Å². The molecule has 1 aliphatic heterocycles. The van der Waals surface area contributed by atoms with E-state index in [4.69, 9.17) is 0 Å². The van der Waals surface area contributed by atoms with Gasteiger partial charge in [-0.05, 0) is 48.9 Å². The minimum atomic E-state index is -0.512. The van der Waals surface area contributed by atoms with Gasteiger partial charge in [0, 0.05) is 27.4 Å². The van der Waals surface area contributed by atoms with Gasteiger partial charge in [0.25, 0.3) is 5.91 Å². The van der Waals surface area contributed by atoms with E-state index in [1.54, 1.807) is 14.0 Å². The van der Waals surface area contributed by atoms with Gasteiger partial charge in [-0.15, -0.1) is 0 Å². The highest BCUT2D eigenvalue weighted by Gasteiger charge is 2.34. The number of hydrogen-bond acceptors (Lipinski definition) is 2. The standard InChI is InChI=1S/C19H17Br2N3O2/c1-11-16(18(25)22-15-9-7-14(21)8-10-15)17(23-19(26)24(11)2)12-3-5-13(20)6-4-12/h3-10,17H,1-2H3,(H,22,25)(H,23,26)/t17-/m0/s1. The van der Waals surface area contributed by atoms with E-state index in [2.05, 4.69) is 42.5 Å². The van der Waals surface area contributed by atoms with Crippen LogP contribution in [-0.4, -0.2) is 23.9 Å². The maximum absolute atomic E-state index is 13.0. The van der Waals surface area contributed by atoms with Crippen LogP contribution in [0.3, 0.4) is 0 Å². The third-order valence-electron chi connectivity index (χ3n) is 4.30. The quantitative estimate of drug-likeness (QED) is 0.664. The predicted molar refractivity (Wildman–Crippen MR) is 109 cm³/mol. The summed E-state index contributed by atoms with van der Waals surface area (Å²) in [6, 6.07) is 14.2. The van der Waals surface area contributed by atoms with Crippen molar-refractivity contribution in [2.24, 2.45) is 0 Å². The van der Waals surface area contributed by atoms with Crippen LogP contribution in [0.4, 0.5) is 10.5 Å². The van der Waals surface area contributed by atoms with Crippen molar-refractivity contribution in [3.8, 4) is 0 Å². The lowest BCUT2D eigenvalue weighted by Crippen LogP contribution is -2.46. The van der Waals surface area contributed by atoms with E-state index in [0.29, 0.717) is 17.0 Å². The van der Waals surface area contributed by atoms with Crippen molar-refractivity contribution in [1.29, 1.82) is 0 Å². The van der Waals surface area contributed by atoms with Crippen LogP contribution in [0, 0.1) is 0 Å². The first-order valence-electron chi connectivity index (χ1n) is 7.94. The number of carbonyl (C=O) groups is 2. The summed E-state index contributed by atoms with van der Waals surface area (Å²) in [5.41, 5.74) is 2.66. The molecule has 3 rings (SSSR count). The van der Waals surface area contributed by atoms with Gasteiger partial charge in [0.2, 0.25) is 0 Å². The molecule has 134 valence electrons. The summed E-state index contributed by atoms with van der Waals surface area (Å²) in [4.78, 5) is 26.7. The van der Waals surface area contributed by atoms with E-state index < -0.39 is 6.04 Å². The minimum absolute atomic E-state index is 0.240. The fourth-order valence-corrected chi connectivity index (χ4v) is 3.30. The third-order valence-corrected chi connectivity index (χ3v) is 5.36. The first-order chi connectivity index (χ1) is 12.4. The van der Waals surface area contributed by atoms with E-state index >= 15 is 0 Å².